The van der Waals surface area contributed by atoms with Crippen molar-refractivity contribution in [3.05, 3.63) is 88.7 Å². The predicted octanol–water partition coefficient (Wildman–Crippen LogP) is 5.84. The van der Waals surface area contributed by atoms with Gasteiger partial charge in [0.1, 0.15) is 10.2 Å². The van der Waals surface area contributed by atoms with Crippen LogP contribution < -0.4 is 16.4 Å². The summed E-state index contributed by atoms with van der Waals surface area (Å²) in [6.07, 6.45) is 0. The number of hydrogen-bond donors (Lipinski definition) is 3. The third kappa shape index (κ3) is 4.53. The van der Waals surface area contributed by atoms with Crippen LogP contribution in [0.25, 0.3) is 0 Å². The van der Waals surface area contributed by atoms with Crippen molar-refractivity contribution in [3.63, 3.8) is 0 Å². The number of halogens is 4. The number of hydrogen-bond acceptors (Lipinski definition) is 3. The maximum absolute atomic E-state index is 13.1. The summed E-state index contributed by atoms with van der Waals surface area (Å²) >= 11 is 18.9. The number of nitrogen functional groups attached to an aromatic ring is 1. The van der Waals surface area contributed by atoms with E-state index in [4.69, 9.17) is 40.5 Å². The topological polar surface area (TPSA) is 84.2 Å². The molecule has 0 heterocycles. The summed E-state index contributed by atoms with van der Waals surface area (Å²) < 4.78 is 11.8. The zero-order chi connectivity index (χ0) is 23.0. The van der Waals surface area contributed by atoms with Gasteiger partial charge in [-0.1, -0.05) is 23.7 Å². The van der Waals surface area contributed by atoms with Crippen LogP contribution in [0.4, 0.5) is 21.5 Å². The van der Waals surface area contributed by atoms with Crippen LogP contribution in [0.3, 0.4) is 0 Å². The maximum Gasteiger partial charge on any atom is 0.257 e. The van der Waals surface area contributed by atoms with Crippen molar-refractivity contribution in [2.24, 2.45) is 5.92 Å². The van der Waals surface area contributed by atoms with Gasteiger partial charge in [-0.3, -0.25) is 9.59 Å². The quantitative estimate of drug-likeness (QED) is 0.309. The highest BCUT2D eigenvalue weighted by Crippen LogP contribution is 2.65. The van der Waals surface area contributed by atoms with Gasteiger partial charge in [-0.15, -0.1) is 23.2 Å². The second-order valence-corrected chi connectivity index (χ2v) is 9.29. The van der Waals surface area contributed by atoms with E-state index >= 15 is 0 Å². The van der Waals surface area contributed by atoms with Crippen LogP contribution in [0.2, 0.25) is 5.02 Å². The molecule has 5 nitrogen and oxygen atoms in total. The molecule has 0 spiro atoms. The van der Waals surface area contributed by atoms with E-state index in [0.717, 1.165) is 5.56 Å². The smallest absolute Gasteiger partial charge is 0.257 e. The number of rotatable bonds is 5. The van der Waals surface area contributed by atoms with Gasteiger partial charge in [-0.25, -0.2) is 4.39 Å². The van der Waals surface area contributed by atoms with E-state index in [-0.39, 0.29) is 22.4 Å². The highest BCUT2D eigenvalue weighted by molar-refractivity contribution is 6.53. The van der Waals surface area contributed by atoms with E-state index in [1.54, 1.807) is 30.3 Å². The minimum atomic E-state index is -1.25. The summed E-state index contributed by atoms with van der Waals surface area (Å²) in [4.78, 5) is 25.5. The van der Waals surface area contributed by atoms with E-state index in [1.807, 2.05) is 0 Å². The first kappa shape index (κ1) is 22.4. The van der Waals surface area contributed by atoms with Crippen LogP contribution in [0.15, 0.2) is 66.7 Å². The third-order valence-corrected chi connectivity index (χ3v) is 6.48. The van der Waals surface area contributed by atoms with Crippen molar-refractivity contribution in [3.8, 4) is 0 Å². The Morgan fingerprint density at radius 2 is 1.53 bits per heavy atom. The van der Waals surface area contributed by atoms with Gasteiger partial charge in [0.05, 0.1) is 16.5 Å². The lowest BCUT2D eigenvalue weighted by atomic mass is 10.1. The molecule has 1 saturated carbocycles. The molecular formula is C23H17Cl3FN3O2. The van der Waals surface area contributed by atoms with Gasteiger partial charge in [0.15, 0.2) is 0 Å². The monoisotopic (exact) mass is 491 g/mol. The Morgan fingerprint density at radius 1 is 0.906 bits per heavy atom. The van der Waals surface area contributed by atoms with Gasteiger partial charge in [-0.05, 0) is 60.2 Å². The molecule has 3 aromatic rings. The fourth-order valence-electron chi connectivity index (χ4n) is 3.50. The Morgan fingerprint density at radius 3 is 2.19 bits per heavy atom. The van der Waals surface area contributed by atoms with Crippen molar-refractivity contribution in [2.45, 2.75) is 10.3 Å². The number of benzene rings is 3. The normalized spacial score (nSPS) is 18.6. The number of amides is 2. The van der Waals surface area contributed by atoms with Gasteiger partial charge in [0.25, 0.3) is 5.91 Å². The molecule has 32 heavy (non-hydrogen) atoms. The predicted molar refractivity (Wildman–Crippen MR) is 126 cm³/mol. The van der Waals surface area contributed by atoms with Crippen molar-refractivity contribution in [1.82, 2.24) is 0 Å². The lowest BCUT2D eigenvalue weighted by molar-refractivity contribution is -0.117. The number of nitrogens with two attached hydrogens (primary N) is 1. The molecule has 9 heteroatoms. The second-order valence-electron chi connectivity index (χ2n) is 7.44. The first-order valence-electron chi connectivity index (χ1n) is 9.57. The minimum absolute atomic E-state index is 0.141. The van der Waals surface area contributed by atoms with Gasteiger partial charge in [0.2, 0.25) is 5.91 Å². The molecule has 4 N–H and O–H groups in total. The molecule has 2 atom stereocenters. The number of alkyl halides is 2. The van der Waals surface area contributed by atoms with Crippen molar-refractivity contribution in [2.75, 3.05) is 16.4 Å². The molecule has 0 unspecified atom stereocenters. The zero-order valence-corrected chi connectivity index (χ0v) is 18.7. The summed E-state index contributed by atoms with van der Waals surface area (Å²) in [5.41, 5.74) is 8.01. The van der Waals surface area contributed by atoms with Crippen molar-refractivity contribution >= 4 is 63.7 Å². The van der Waals surface area contributed by atoms with E-state index < -0.39 is 22.0 Å². The lowest BCUT2D eigenvalue weighted by Gasteiger charge is -2.10. The number of nitrogens with one attached hydrogen (secondary N) is 2. The molecule has 0 bridgehead atoms. The molecule has 1 aliphatic carbocycles. The van der Waals surface area contributed by atoms with Crippen LogP contribution in [-0.4, -0.2) is 16.1 Å². The molecule has 1 aliphatic rings. The van der Waals surface area contributed by atoms with E-state index in [2.05, 4.69) is 10.6 Å². The number of carbonyl (C=O) groups is 2. The molecular weight excluding hydrogens is 476 g/mol. The summed E-state index contributed by atoms with van der Waals surface area (Å²) in [6.45, 7) is 0. The first-order chi connectivity index (χ1) is 15.2. The SMILES string of the molecule is Nc1ccc([C@H]2[C@H](C(=O)Nc3ccc(Cl)c(C(=O)Nc4ccc(F)cc4)c3)C2(Cl)Cl)cc1. The molecule has 164 valence electrons. The Hall–Kier alpha value is -2.80. The van der Waals surface area contributed by atoms with Crippen LogP contribution in [0, 0.1) is 11.7 Å². The Kier molecular flexibility index (Phi) is 6.03. The summed E-state index contributed by atoms with van der Waals surface area (Å²) in [5, 5.41) is 5.57. The average molecular weight is 493 g/mol. The van der Waals surface area contributed by atoms with Crippen molar-refractivity contribution in [1.29, 1.82) is 0 Å². The van der Waals surface area contributed by atoms with Crippen LogP contribution in [0.5, 0.6) is 0 Å². The fourth-order valence-corrected chi connectivity index (χ4v) is 4.53. The van der Waals surface area contributed by atoms with Gasteiger partial charge >= 0.3 is 0 Å². The summed E-state index contributed by atoms with van der Waals surface area (Å²) in [7, 11) is 0. The fraction of sp³-hybridized carbons (Fsp3) is 0.130. The Labute approximate surface area is 198 Å². The molecule has 2 amide bonds. The first-order valence-corrected chi connectivity index (χ1v) is 10.7. The average Bonchev–Trinajstić information content (AvgIpc) is 3.33. The molecule has 0 radical (unpaired) electrons. The van der Waals surface area contributed by atoms with Gasteiger partial charge < -0.3 is 16.4 Å². The zero-order valence-electron chi connectivity index (χ0n) is 16.4. The van der Waals surface area contributed by atoms with Crippen LogP contribution >= 0.6 is 34.8 Å². The highest BCUT2D eigenvalue weighted by atomic mass is 35.5. The molecule has 1 fully saturated rings. The minimum Gasteiger partial charge on any atom is -0.399 e. The van der Waals surface area contributed by atoms with Crippen molar-refractivity contribution < 1.29 is 14.0 Å². The molecule has 3 aromatic carbocycles. The second kappa shape index (κ2) is 8.62. The van der Waals surface area contributed by atoms with Gasteiger partial charge in [0, 0.05) is 23.0 Å². The van der Waals surface area contributed by atoms with E-state index in [1.165, 1.54) is 36.4 Å². The molecule has 0 saturated heterocycles. The van der Waals surface area contributed by atoms with E-state index in [9.17, 15) is 14.0 Å². The standard InChI is InChI=1S/C23H17Cl3FN3O2/c24-18-10-9-16(11-17(18)21(31)29-15-7-3-13(27)4-8-15)30-22(32)20-19(23(20,25)26)12-1-5-14(28)6-2-12/h1-11,19-20H,28H2,(H,29,31)(H,30,32)/t19-,20+/m0/s1. The maximum atomic E-state index is 13.1. The highest BCUT2D eigenvalue weighted by Gasteiger charge is 2.67. The largest absolute Gasteiger partial charge is 0.399 e. The van der Waals surface area contributed by atoms with Crippen LogP contribution in [-0.2, 0) is 4.79 Å². The number of carbonyl (C=O) groups excluding carboxylic acids is 2. The summed E-state index contributed by atoms with van der Waals surface area (Å²) in [5.74, 6) is -2.38. The lowest BCUT2D eigenvalue weighted by Crippen LogP contribution is -2.18. The number of anilines is 3. The Bertz CT molecular complexity index is 1180. The third-order valence-electron chi connectivity index (χ3n) is 5.21. The summed E-state index contributed by atoms with van der Waals surface area (Å²) in [6, 6.07) is 16.8. The van der Waals surface area contributed by atoms with E-state index in [0.29, 0.717) is 17.1 Å². The Balaban J connectivity index is 1.49. The molecule has 0 aliphatic heterocycles. The molecule has 0 aromatic heterocycles. The van der Waals surface area contributed by atoms with Crippen LogP contribution in [0.1, 0.15) is 21.8 Å². The molecule has 4 rings (SSSR count). The van der Waals surface area contributed by atoms with Gasteiger partial charge in [-0.2, -0.15) is 0 Å².